The van der Waals surface area contributed by atoms with Gasteiger partial charge in [0.25, 0.3) is 0 Å². The van der Waals surface area contributed by atoms with Crippen LogP contribution in [0.2, 0.25) is 0 Å². The van der Waals surface area contributed by atoms with Crippen LogP contribution in [0.3, 0.4) is 0 Å². The predicted molar refractivity (Wildman–Crippen MR) is 61.9 cm³/mol. The minimum absolute atomic E-state index is 0.151. The van der Waals surface area contributed by atoms with Crippen LogP contribution in [0.5, 0.6) is 0 Å². The van der Waals surface area contributed by atoms with Gasteiger partial charge < -0.3 is 14.6 Å². The number of fused-ring (bicyclic) bond motifs is 2. The van der Waals surface area contributed by atoms with Gasteiger partial charge in [0.05, 0.1) is 5.54 Å². The van der Waals surface area contributed by atoms with Crippen LogP contribution >= 0.6 is 15.9 Å². The molecule has 1 saturated heterocycles. The van der Waals surface area contributed by atoms with Crippen LogP contribution in [0.25, 0.3) is 0 Å². The Morgan fingerprint density at radius 1 is 1.60 bits per heavy atom. The first-order valence-electron chi connectivity index (χ1n) is 5.42. The van der Waals surface area contributed by atoms with Gasteiger partial charge in [-0.15, -0.1) is 0 Å². The first-order valence-corrected chi connectivity index (χ1v) is 6.21. The SMILES string of the molecule is CN1CCC2(C1)NCCc1oc(Br)cc12. The normalized spacial score (nSPS) is 31.1. The Bertz CT molecular complexity index is 390. The molecular weight excluding hydrogens is 256 g/mol. The summed E-state index contributed by atoms with van der Waals surface area (Å²) in [6.45, 7) is 3.28. The number of likely N-dealkylation sites (N-methyl/N-ethyl adjacent to an activating group) is 1. The second-order valence-electron chi connectivity index (χ2n) is 4.63. The van der Waals surface area contributed by atoms with E-state index in [9.17, 15) is 0 Å². The van der Waals surface area contributed by atoms with Gasteiger partial charge in [-0.1, -0.05) is 0 Å². The van der Waals surface area contributed by atoms with Gasteiger partial charge in [-0.3, -0.25) is 0 Å². The molecule has 2 aliphatic rings. The van der Waals surface area contributed by atoms with E-state index in [1.165, 1.54) is 12.0 Å². The number of nitrogens with one attached hydrogen (secondary N) is 1. The fraction of sp³-hybridized carbons (Fsp3) is 0.636. The highest BCUT2D eigenvalue weighted by atomic mass is 79.9. The molecule has 1 N–H and O–H groups in total. The second-order valence-corrected chi connectivity index (χ2v) is 5.42. The zero-order chi connectivity index (χ0) is 10.5. The lowest BCUT2D eigenvalue weighted by Crippen LogP contribution is -2.48. The lowest BCUT2D eigenvalue weighted by Gasteiger charge is -2.34. The van der Waals surface area contributed by atoms with Crippen LogP contribution in [0.15, 0.2) is 15.2 Å². The highest BCUT2D eigenvalue weighted by molar-refractivity contribution is 9.10. The topological polar surface area (TPSA) is 28.4 Å². The van der Waals surface area contributed by atoms with Crippen molar-refractivity contribution in [2.75, 3.05) is 26.7 Å². The van der Waals surface area contributed by atoms with Crippen LogP contribution in [-0.2, 0) is 12.0 Å². The van der Waals surface area contributed by atoms with Crippen molar-refractivity contribution in [2.24, 2.45) is 0 Å². The van der Waals surface area contributed by atoms with Crippen LogP contribution in [0.1, 0.15) is 17.7 Å². The largest absolute Gasteiger partial charge is 0.454 e. The molecule has 3 rings (SSSR count). The van der Waals surface area contributed by atoms with Crippen molar-refractivity contribution in [1.82, 2.24) is 10.2 Å². The van der Waals surface area contributed by atoms with Crippen LogP contribution in [0, 0.1) is 0 Å². The number of hydrogen-bond acceptors (Lipinski definition) is 3. The van der Waals surface area contributed by atoms with E-state index < -0.39 is 0 Å². The van der Waals surface area contributed by atoms with Crippen molar-refractivity contribution in [3.63, 3.8) is 0 Å². The molecule has 1 unspecified atom stereocenters. The maximum Gasteiger partial charge on any atom is 0.169 e. The number of furan rings is 1. The van der Waals surface area contributed by atoms with E-state index in [0.717, 1.165) is 36.5 Å². The van der Waals surface area contributed by atoms with E-state index in [1.807, 2.05) is 0 Å². The smallest absolute Gasteiger partial charge is 0.169 e. The average molecular weight is 271 g/mol. The number of nitrogens with zero attached hydrogens (tertiary/aromatic N) is 1. The first-order chi connectivity index (χ1) is 7.20. The van der Waals surface area contributed by atoms with E-state index in [2.05, 4.69) is 39.3 Å². The summed E-state index contributed by atoms with van der Waals surface area (Å²) in [5, 5.41) is 3.67. The summed E-state index contributed by atoms with van der Waals surface area (Å²) in [5.74, 6) is 1.16. The molecule has 4 heteroatoms. The second kappa shape index (κ2) is 3.34. The van der Waals surface area contributed by atoms with Crippen LogP contribution in [-0.4, -0.2) is 31.6 Å². The third kappa shape index (κ3) is 1.47. The van der Waals surface area contributed by atoms with Gasteiger partial charge in [0, 0.05) is 31.6 Å². The molecule has 82 valence electrons. The van der Waals surface area contributed by atoms with Gasteiger partial charge in [-0.2, -0.15) is 0 Å². The van der Waals surface area contributed by atoms with E-state index in [4.69, 9.17) is 4.42 Å². The molecule has 2 aliphatic heterocycles. The Hall–Kier alpha value is -0.320. The molecule has 1 fully saturated rings. The van der Waals surface area contributed by atoms with Gasteiger partial charge in [0.15, 0.2) is 4.67 Å². The zero-order valence-electron chi connectivity index (χ0n) is 8.85. The van der Waals surface area contributed by atoms with E-state index in [1.54, 1.807) is 0 Å². The van der Waals surface area contributed by atoms with Crippen molar-refractivity contribution in [3.05, 3.63) is 22.1 Å². The van der Waals surface area contributed by atoms with Gasteiger partial charge in [0.1, 0.15) is 5.76 Å². The molecule has 0 aromatic carbocycles. The molecule has 0 radical (unpaired) electrons. The first kappa shape index (κ1) is 9.87. The Morgan fingerprint density at radius 2 is 2.47 bits per heavy atom. The van der Waals surface area contributed by atoms with Gasteiger partial charge in [-0.25, -0.2) is 0 Å². The summed E-state index contributed by atoms with van der Waals surface area (Å²) < 4.78 is 6.55. The molecule has 1 aromatic rings. The molecule has 0 bridgehead atoms. The summed E-state index contributed by atoms with van der Waals surface area (Å²) in [4.78, 5) is 2.38. The maximum atomic E-state index is 5.69. The van der Waals surface area contributed by atoms with Crippen molar-refractivity contribution in [2.45, 2.75) is 18.4 Å². The molecule has 0 saturated carbocycles. The predicted octanol–water partition coefficient (Wildman–Crippen LogP) is 1.72. The molecule has 1 atom stereocenters. The molecule has 1 spiro atoms. The number of rotatable bonds is 0. The summed E-state index contributed by atoms with van der Waals surface area (Å²) in [7, 11) is 2.18. The average Bonchev–Trinajstić information content (AvgIpc) is 2.72. The van der Waals surface area contributed by atoms with Crippen LogP contribution < -0.4 is 5.32 Å². The molecular formula is C11H15BrN2O. The minimum Gasteiger partial charge on any atom is -0.454 e. The van der Waals surface area contributed by atoms with Crippen molar-refractivity contribution < 1.29 is 4.42 Å². The Morgan fingerprint density at radius 3 is 3.20 bits per heavy atom. The maximum absolute atomic E-state index is 5.69. The number of halogens is 1. The van der Waals surface area contributed by atoms with Crippen LogP contribution in [0.4, 0.5) is 0 Å². The standard InChI is InChI=1S/C11H15BrN2O/c1-14-5-3-11(7-14)8-6-10(12)15-9(8)2-4-13-11/h6,13H,2-5,7H2,1H3. The molecule has 3 heterocycles. The number of likely N-dealkylation sites (tertiary alicyclic amines) is 1. The van der Waals surface area contributed by atoms with E-state index >= 15 is 0 Å². The summed E-state index contributed by atoms with van der Waals surface area (Å²) >= 11 is 3.43. The van der Waals surface area contributed by atoms with Crippen molar-refractivity contribution >= 4 is 15.9 Å². The molecule has 0 aliphatic carbocycles. The Balaban J connectivity index is 2.05. The monoisotopic (exact) mass is 270 g/mol. The Labute approximate surface area is 97.9 Å². The highest BCUT2D eigenvalue weighted by Gasteiger charge is 2.42. The fourth-order valence-corrected chi connectivity index (χ4v) is 3.29. The third-order valence-corrected chi connectivity index (χ3v) is 3.96. The van der Waals surface area contributed by atoms with Gasteiger partial charge >= 0.3 is 0 Å². The zero-order valence-corrected chi connectivity index (χ0v) is 10.4. The van der Waals surface area contributed by atoms with Gasteiger partial charge in [0.2, 0.25) is 0 Å². The van der Waals surface area contributed by atoms with E-state index in [0.29, 0.717) is 0 Å². The molecule has 15 heavy (non-hydrogen) atoms. The Kier molecular flexibility index (Phi) is 2.20. The molecule has 0 amide bonds. The van der Waals surface area contributed by atoms with Crippen molar-refractivity contribution in [3.8, 4) is 0 Å². The quantitative estimate of drug-likeness (QED) is 0.778. The lowest BCUT2D eigenvalue weighted by molar-refractivity contribution is 0.290. The summed E-state index contributed by atoms with van der Waals surface area (Å²) in [6, 6.07) is 2.14. The lowest BCUT2D eigenvalue weighted by atomic mass is 9.85. The third-order valence-electron chi connectivity index (χ3n) is 3.57. The summed E-state index contributed by atoms with van der Waals surface area (Å²) in [6.07, 6.45) is 2.19. The molecule has 1 aromatic heterocycles. The number of hydrogen-bond donors (Lipinski definition) is 1. The van der Waals surface area contributed by atoms with Crippen molar-refractivity contribution in [1.29, 1.82) is 0 Å². The van der Waals surface area contributed by atoms with E-state index in [-0.39, 0.29) is 5.54 Å². The highest BCUT2D eigenvalue weighted by Crippen LogP contribution is 2.38. The molecule has 3 nitrogen and oxygen atoms in total. The minimum atomic E-state index is 0.151. The summed E-state index contributed by atoms with van der Waals surface area (Å²) in [5.41, 5.74) is 1.52. The fourth-order valence-electron chi connectivity index (χ4n) is 2.86. The van der Waals surface area contributed by atoms with Gasteiger partial charge in [-0.05, 0) is 35.5 Å².